The lowest BCUT2D eigenvalue weighted by molar-refractivity contribution is -0.00835. The van der Waals surface area contributed by atoms with Gasteiger partial charge in [0.05, 0.1) is 30.6 Å². The fraction of sp³-hybridized carbons (Fsp3) is 0.692. The first-order valence-electron chi connectivity index (χ1n) is 6.37. The molecule has 0 aromatic carbocycles. The first-order valence-corrected chi connectivity index (χ1v) is 6.37. The van der Waals surface area contributed by atoms with Gasteiger partial charge in [0.15, 0.2) is 0 Å². The van der Waals surface area contributed by atoms with Gasteiger partial charge in [-0.1, -0.05) is 6.92 Å². The Balaban J connectivity index is 2.55. The Morgan fingerprint density at radius 2 is 2.17 bits per heavy atom. The van der Waals surface area contributed by atoms with Gasteiger partial charge in [-0.2, -0.15) is 5.10 Å². The second-order valence-corrected chi connectivity index (χ2v) is 5.19. The number of nitrogens with one attached hydrogen (secondary N) is 1. The summed E-state index contributed by atoms with van der Waals surface area (Å²) in [5, 5.41) is 7.25. The highest BCUT2D eigenvalue weighted by atomic mass is 16.5. The summed E-state index contributed by atoms with van der Waals surface area (Å²) in [5.74, 6) is 0. The van der Waals surface area contributed by atoms with Crippen molar-refractivity contribution < 1.29 is 4.74 Å². The number of hydrogen-bond donors (Lipinski definition) is 1. The van der Waals surface area contributed by atoms with Crippen molar-refractivity contribution >= 4 is 5.69 Å². The van der Waals surface area contributed by atoms with E-state index in [1.165, 1.54) is 4.68 Å². The van der Waals surface area contributed by atoms with Crippen molar-refractivity contribution in [3.8, 4) is 0 Å². The van der Waals surface area contributed by atoms with Gasteiger partial charge in [-0.05, 0) is 27.2 Å². The van der Waals surface area contributed by atoms with Crippen LogP contribution in [0.3, 0.4) is 0 Å². The number of hydrogen-bond acceptors (Lipinski definition) is 4. The van der Waals surface area contributed by atoms with E-state index in [4.69, 9.17) is 4.74 Å². The number of nitrogens with zero attached hydrogens (tertiary/aromatic N) is 2. The van der Waals surface area contributed by atoms with Gasteiger partial charge in [0, 0.05) is 12.6 Å². The highest BCUT2D eigenvalue weighted by Crippen LogP contribution is 2.06. The average Bonchev–Trinajstić information content (AvgIpc) is 2.27. The average molecular weight is 253 g/mol. The van der Waals surface area contributed by atoms with Crippen molar-refractivity contribution in [2.45, 2.75) is 46.3 Å². The van der Waals surface area contributed by atoms with E-state index < -0.39 is 0 Å². The molecule has 1 heterocycles. The molecule has 0 amide bonds. The molecule has 0 aliphatic carbocycles. The van der Waals surface area contributed by atoms with E-state index in [0.717, 1.165) is 18.7 Å². The van der Waals surface area contributed by atoms with Crippen LogP contribution in [0.1, 0.15) is 34.1 Å². The molecule has 1 N–H and O–H groups in total. The van der Waals surface area contributed by atoms with E-state index in [0.29, 0.717) is 13.2 Å². The van der Waals surface area contributed by atoms with E-state index in [2.05, 4.69) is 17.3 Å². The van der Waals surface area contributed by atoms with Crippen LogP contribution in [0.15, 0.2) is 17.1 Å². The van der Waals surface area contributed by atoms with Gasteiger partial charge in [-0.15, -0.1) is 0 Å². The van der Waals surface area contributed by atoms with E-state index in [-0.39, 0.29) is 11.2 Å². The molecule has 1 aromatic rings. The Hall–Kier alpha value is -1.36. The smallest absolute Gasteiger partial charge is 0.268 e. The second-order valence-electron chi connectivity index (χ2n) is 5.19. The molecule has 0 saturated carbocycles. The minimum absolute atomic E-state index is 0.103. The number of rotatable bonds is 6. The molecule has 0 aliphatic rings. The molecular formula is C13H23N3O2. The van der Waals surface area contributed by atoms with Gasteiger partial charge in [-0.25, -0.2) is 4.68 Å². The summed E-state index contributed by atoms with van der Waals surface area (Å²) in [6.07, 6.45) is 2.69. The molecule has 18 heavy (non-hydrogen) atoms. The predicted octanol–water partition coefficient (Wildman–Crippen LogP) is 1.88. The van der Waals surface area contributed by atoms with Crippen LogP contribution < -0.4 is 10.9 Å². The summed E-state index contributed by atoms with van der Waals surface area (Å²) in [6, 6.07) is 1.57. The topological polar surface area (TPSA) is 56.1 Å². The zero-order chi connectivity index (χ0) is 13.6. The van der Waals surface area contributed by atoms with Crippen LogP contribution in [0.5, 0.6) is 0 Å². The molecule has 0 atom stereocenters. The van der Waals surface area contributed by atoms with Crippen LogP contribution in [-0.2, 0) is 11.3 Å². The van der Waals surface area contributed by atoms with Gasteiger partial charge in [-0.3, -0.25) is 4.79 Å². The largest absolute Gasteiger partial charge is 0.384 e. The third-order valence-corrected chi connectivity index (χ3v) is 2.29. The van der Waals surface area contributed by atoms with Crippen molar-refractivity contribution in [3.63, 3.8) is 0 Å². The lowest BCUT2D eigenvalue weighted by Gasteiger charge is -2.19. The zero-order valence-corrected chi connectivity index (χ0v) is 11.7. The Morgan fingerprint density at radius 1 is 1.44 bits per heavy atom. The van der Waals surface area contributed by atoms with Crippen LogP contribution in [-0.4, -0.2) is 28.5 Å². The Morgan fingerprint density at radius 3 is 2.72 bits per heavy atom. The molecule has 0 aliphatic heterocycles. The molecule has 0 unspecified atom stereocenters. The number of anilines is 1. The summed E-state index contributed by atoms with van der Waals surface area (Å²) in [5.41, 5.74) is 0.482. The van der Waals surface area contributed by atoms with Gasteiger partial charge in [0.2, 0.25) is 0 Å². The molecule has 5 heteroatoms. The van der Waals surface area contributed by atoms with Crippen LogP contribution in [0.4, 0.5) is 5.69 Å². The maximum absolute atomic E-state index is 11.8. The highest BCUT2D eigenvalue weighted by Gasteiger charge is 2.09. The van der Waals surface area contributed by atoms with Gasteiger partial charge >= 0.3 is 0 Å². The highest BCUT2D eigenvalue weighted by molar-refractivity contribution is 5.38. The Kier molecular flexibility index (Phi) is 5.34. The molecule has 0 saturated heterocycles. The van der Waals surface area contributed by atoms with Crippen molar-refractivity contribution in [1.82, 2.24) is 9.78 Å². The first-order chi connectivity index (χ1) is 8.42. The maximum Gasteiger partial charge on any atom is 0.268 e. The summed E-state index contributed by atoms with van der Waals surface area (Å²) < 4.78 is 6.99. The van der Waals surface area contributed by atoms with Crippen LogP contribution >= 0.6 is 0 Å². The second kappa shape index (κ2) is 6.54. The molecule has 0 fully saturated rings. The van der Waals surface area contributed by atoms with E-state index in [1.54, 1.807) is 12.3 Å². The lowest BCUT2D eigenvalue weighted by Crippen LogP contribution is -2.28. The first kappa shape index (κ1) is 14.7. The maximum atomic E-state index is 11.8. The third kappa shape index (κ3) is 5.31. The molecule has 1 rings (SSSR count). The molecule has 5 nitrogen and oxygen atoms in total. The SMILES string of the molecule is CCCNc1cnn(CCOC(C)(C)C)c(=O)c1. The summed E-state index contributed by atoms with van der Waals surface area (Å²) >= 11 is 0. The molecule has 0 spiro atoms. The zero-order valence-electron chi connectivity index (χ0n) is 11.7. The van der Waals surface area contributed by atoms with Crippen molar-refractivity contribution in [2.24, 2.45) is 0 Å². The summed E-state index contributed by atoms with van der Waals surface area (Å²) in [6.45, 7) is 9.84. The molecular weight excluding hydrogens is 230 g/mol. The Bertz CT molecular complexity index is 421. The van der Waals surface area contributed by atoms with E-state index >= 15 is 0 Å². The van der Waals surface area contributed by atoms with Gasteiger partial charge in [0.1, 0.15) is 0 Å². The van der Waals surface area contributed by atoms with Crippen LogP contribution in [0.2, 0.25) is 0 Å². The summed E-state index contributed by atoms with van der Waals surface area (Å²) in [4.78, 5) is 11.8. The van der Waals surface area contributed by atoms with Crippen LogP contribution in [0, 0.1) is 0 Å². The van der Waals surface area contributed by atoms with Gasteiger partial charge < -0.3 is 10.1 Å². The van der Waals surface area contributed by atoms with Crippen molar-refractivity contribution in [3.05, 3.63) is 22.6 Å². The van der Waals surface area contributed by atoms with E-state index in [1.807, 2.05) is 20.8 Å². The Labute approximate surface area is 108 Å². The number of aromatic nitrogens is 2. The molecule has 0 bridgehead atoms. The molecule has 0 radical (unpaired) electrons. The quantitative estimate of drug-likeness (QED) is 0.841. The van der Waals surface area contributed by atoms with Crippen molar-refractivity contribution in [2.75, 3.05) is 18.5 Å². The van der Waals surface area contributed by atoms with Crippen LogP contribution in [0.25, 0.3) is 0 Å². The third-order valence-electron chi connectivity index (χ3n) is 2.29. The van der Waals surface area contributed by atoms with Gasteiger partial charge in [0.25, 0.3) is 5.56 Å². The predicted molar refractivity (Wildman–Crippen MR) is 73.0 cm³/mol. The van der Waals surface area contributed by atoms with Crippen molar-refractivity contribution in [1.29, 1.82) is 0 Å². The monoisotopic (exact) mass is 253 g/mol. The minimum atomic E-state index is -0.188. The van der Waals surface area contributed by atoms with E-state index in [9.17, 15) is 4.79 Å². The standard InChI is InChI=1S/C13H23N3O2/c1-5-6-14-11-9-12(17)16(15-10-11)7-8-18-13(2,3)4/h9-10,14H,5-8H2,1-4H3. The summed E-state index contributed by atoms with van der Waals surface area (Å²) in [7, 11) is 0. The lowest BCUT2D eigenvalue weighted by atomic mass is 10.2. The normalized spacial score (nSPS) is 11.6. The molecule has 102 valence electrons. The fourth-order valence-corrected chi connectivity index (χ4v) is 1.41. The number of ether oxygens (including phenoxy) is 1. The molecule has 1 aromatic heterocycles. The minimum Gasteiger partial charge on any atom is -0.384 e. The fourth-order valence-electron chi connectivity index (χ4n) is 1.41.